The minimum absolute atomic E-state index is 0.113. The summed E-state index contributed by atoms with van der Waals surface area (Å²) in [6.07, 6.45) is 6.64. The second kappa shape index (κ2) is 12.9. The third kappa shape index (κ3) is 6.74. The molecule has 2 aromatic heterocycles. The third-order valence-electron chi connectivity index (χ3n) is 6.76. The van der Waals surface area contributed by atoms with Gasteiger partial charge >= 0.3 is 6.03 Å². The van der Waals surface area contributed by atoms with Gasteiger partial charge in [0.2, 0.25) is 11.9 Å². The first-order valence-corrected chi connectivity index (χ1v) is 13.9. The number of nitrogens with one attached hydrogen (secondary N) is 2. The number of carbonyl (C=O) groups excluding carboxylic acids is 2. The maximum absolute atomic E-state index is 13.1. The van der Waals surface area contributed by atoms with Gasteiger partial charge in [0, 0.05) is 57.6 Å². The number of aromatic nitrogens is 4. The standard InChI is InChI=1S/C27H33ClN8O4/c1-2-6-31-27(38)34-10-11-36(24-16-23(28)32-26(33-24)35-9-8-29-18-35)20(17-34)15-25(37)30-7-5-19-3-4-21-22(14-19)40-13-12-39-21/h3-4,8-9,14,16,18,20H,2,5-7,10-13,15,17H2,1H3,(H,30,37)(H,31,38). The normalized spacial score (nSPS) is 16.5. The molecule has 0 aliphatic carbocycles. The number of hydrogen-bond acceptors (Lipinski definition) is 8. The van der Waals surface area contributed by atoms with Gasteiger partial charge in [-0.1, -0.05) is 24.6 Å². The number of anilines is 1. The zero-order valence-electron chi connectivity index (χ0n) is 22.4. The molecule has 1 fully saturated rings. The lowest BCUT2D eigenvalue weighted by Gasteiger charge is -2.42. The van der Waals surface area contributed by atoms with Crippen LogP contribution in [0.25, 0.3) is 5.95 Å². The van der Waals surface area contributed by atoms with Crippen molar-refractivity contribution in [1.82, 2.24) is 35.1 Å². The molecule has 0 saturated carbocycles. The fourth-order valence-corrected chi connectivity index (χ4v) is 4.94. The maximum atomic E-state index is 13.1. The minimum Gasteiger partial charge on any atom is -0.486 e. The van der Waals surface area contributed by atoms with E-state index in [0.29, 0.717) is 64.1 Å². The fourth-order valence-electron chi connectivity index (χ4n) is 4.77. The molecule has 1 unspecified atom stereocenters. The van der Waals surface area contributed by atoms with Crippen LogP contribution in [0.4, 0.5) is 10.6 Å². The first-order chi connectivity index (χ1) is 19.5. The van der Waals surface area contributed by atoms with E-state index in [-0.39, 0.29) is 29.6 Å². The number of benzene rings is 1. The molecule has 0 bridgehead atoms. The van der Waals surface area contributed by atoms with Crippen LogP contribution >= 0.6 is 11.6 Å². The van der Waals surface area contributed by atoms with Gasteiger partial charge in [0.15, 0.2) is 11.5 Å². The average Bonchev–Trinajstić information content (AvgIpc) is 3.51. The van der Waals surface area contributed by atoms with E-state index in [1.807, 2.05) is 30.0 Å². The van der Waals surface area contributed by atoms with Crippen molar-refractivity contribution in [3.8, 4) is 17.4 Å². The molecule has 0 radical (unpaired) electrons. The molecule has 1 atom stereocenters. The molecular formula is C27H33ClN8O4. The molecule has 3 amide bonds. The van der Waals surface area contributed by atoms with E-state index in [9.17, 15) is 9.59 Å². The van der Waals surface area contributed by atoms with Crippen molar-refractivity contribution >= 4 is 29.4 Å². The summed E-state index contributed by atoms with van der Waals surface area (Å²) < 4.78 is 12.9. The van der Waals surface area contributed by atoms with Gasteiger partial charge in [-0.2, -0.15) is 4.98 Å². The number of piperazine rings is 1. The molecule has 12 nitrogen and oxygen atoms in total. The highest BCUT2D eigenvalue weighted by molar-refractivity contribution is 6.29. The summed E-state index contributed by atoms with van der Waals surface area (Å²) >= 11 is 6.36. The summed E-state index contributed by atoms with van der Waals surface area (Å²) in [7, 11) is 0. The number of rotatable bonds is 9. The van der Waals surface area contributed by atoms with Crippen molar-refractivity contribution in [3.63, 3.8) is 0 Å². The van der Waals surface area contributed by atoms with E-state index in [0.717, 1.165) is 23.5 Å². The van der Waals surface area contributed by atoms with Crippen molar-refractivity contribution in [3.05, 3.63) is 53.7 Å². The summed E-state index contributed by atoms with van der Waals surface area (Å²) in [4.78, 5) is 42.7. The van der Waals surface area contributed by atoms with E-state index >= 15 is 0 Å². The number of carbonyl (C=O) groups is 2. The van der Waals surface area contributed by atoms with Gasteiger partial charge in [-0.05, 0) is 30.5 Å². The van der Waals surface area contributed by atoms with Gasteiger partial charge in [0.25, 0.3) is 0 Å². The fraction of sp³-hybridized carbons (Fsp3) is 0.444. The summed E-state index contributed by atoms with van der Waals surface area (Å²) in [5, 5.41) is 6.24. The number of urea groups is 1. The van der Waals surface area contributed by atoms with E-state index in [4.69, 9.17) is 26.1 Å². The molecule has 2 aliphatic rings. The zero-order chi connectivity index (χ0) is 27.9. The highest BCUT2D eigenvalue weighted by Crippen LogP contribution is 2.31. The average molecular weight is 569 g/mol. The molecule has 2 N–H and O–H groups in total. The van der Waals surface area contributed by atoms with Gasteiger partial charge in [-0.25, -0.2) is 14.8 Å². The molecule has 4 heterocycles. The summed E-state index contributed by atoms with van der Waals surface area (Å²) in [6.45, 7) is 5.49. The van der Waals surface area contributed by atoms with E-state index in [2.05, 4.69) is 20.6 Å². The van der Waals surface area contributed by atoms with Crippen LogP contribution in [0.15, 0.2) is 43.0 Å². The SMILES string of the molecule is CCCNC(=O)N1CCN(c2cc(Cl)nc(-n3ccnc3)n2)C(CC(=O)NCCc2ccc3c(c2)OCCO3)C1. The molecule has 3 aromatic rings. The smallest absolute Gasteiger partial charge is 0.317 e. The highest BCUT2D eigenvalue weighted by atomic mass is 35.5. The first-order valence-electron chi connectivity index (χ1n) is 13.5. The van der Waals surface area contributed by atoms with Crippen LogP contribution in [0.2, 0.25) is 5.15 Å². The predicted molar refractivity (Wildman–Crippen MR) is 149 cm³/mol. The number of hydrogen-bond donors (Lipinski definition) is 2. The Hall–Kier alpha value is -4.06. The lowest BCUT2D eigenvalue weighted by Crippen LogP contribution is -2.58. The number of halogens is 1. The molecule has 40 heavy (non-hydrogen) atoms. The molecule has 2 aliphatic heterocycles. The number of fused-ring (bicyclic) bond motifs is 1. The Labute approximate surface area is 237 Å². The monoisotopic (exact) mass is 568 g/mol. The summed E-state index contributed by atoms with van der Waals surface area (Å²) in [5.74, 6) is 2.33. The van der Waals surface area contributed by atoms with Crippen LogP contribution in [-0.2, 0) is 11.2 Å². The second-order valence-corrected chi connectivity index (χ2v) is 10.0. The van der Waals surface area contributed by atoms with Crippen LogP contribution in [0.1, 0.15) is 25.3 Å². The van der Waals surface area contributed by atoms with E-state index in [1.54, 1.807) is 34.3 Å². The van der Waals surface area contributed by atoms with Crippen LogP contribution < -0.4 is 25.0 Å². The van der Waals surface area contributed by atoms with Crippen molar-refractivity contribution in [2.45, 2.75) is 32.2 Å². The molecule has 212 valence electrons. The molecule has 13 heteroatoms. The molecule has 5 rings (SSSR count). The lowest BCUT2D eigenvalue weighted by molar-refractivity contribution is -0.121. The van der Waals surface area contributed by atoms with Crippen molar-refractivity contribution in [2.75, 3.05) is 50.8 Å². The van der Waals surface area contributed by atoms with Gasteiger partial charge in [0.1, 0.15) is 30.5 Å². The summed E-state index contributed by atoms with van der Waals surface area (Å²) in [5.41, 5.74) is 1.05. The maximum Gasteiger partial charge on any atom is 0.317 e. The van der Waals surface area contributed by atoms with Crippen LogP contribution in [0.5, 0.6) is 11.5 Å². The number of imidazole rings is 1. The van der Waals surface area contributed by atoms with Crippen molar-refractivity contribution in [1.29, 1.82) is 0 Å². The van der Waals surface area contributed by atoms with Crippen LogP contribution in [0, 0.1) is 0 Å². The number of amides is 3. The minimum atomic E-state index is -0.308. The Balaban J connectivity index is 1.26. The zero-order valence-corrected chi connectivity index (χ0v) is 23.1. The van der Waals surface area contributed by atoms with E-state index in [1.165, 1.54) is 0 Å². The number of ether oxygens (including phenoxy) is 2. The Kier molecular flexibility index (Phi) is 8.84. The molecule has 0 spiro atoms. The van der Waals surface area contributed by atoms with E-state index < -0.39 is 0 Å². The Morgan fingerprint density at radius 1 is 1.07 bits per heavy atom. The largest absolute Gasteiger partial charge is 0.486 e. The quantitative estimate of drug-likeness (QED) is 0.377. The number of nitrogens with zero attached hydrogens (tertiary/aromatic N) is 6. The molecule has 1 aromatic carbocycles. The Morgan fingerprint density at radius 2 is 1.93 bits per heavy atom. The van der Waals surface area contributed by atoms with Crippen LogP contribution in [0.3, 0.4) is 0 Å². The van der Waals surface area contributed by atoms with Gasteiger partial charge in [-0.15, -0.1) is 0 Å². The van der Waals surface area contributed by atoms with Crippen molar-refractivity contribution < 1.29 is 19.1 Å². The highest BCUT2D eigenvalue weighted by Gasteiger charge is 2.32. The lowest BCUT2D eigenvalue weighted by atomic mass is 10.1. The Morgan fingerprint density at radius 3 is 2.73 bits per heavy atom. The van der Waals surface area contributed by atoms with Gasteiger partial charge < -0.3 is 29.9 Å². The Bertz CT molecular complexity index is 1320. The second-order valence-electron chi connectivity index (χ2n) is 9.63. The van der Waals surface area contributed by atoms with Crippen LogP contribution in [-0.4, -0.2) is 88.3 Å². The van der Waals surface area contributed by atoms with Crippen molar-refractivity contribution in [2.24, 2.45) is 0 Å². The van der Waals surface area contributed by atoms with Gasteiger partial charge in [0.05, 0.1) is 6.04 Å². The third-order valence-corrected chi connectivity index (χ3v) is 6.95. The molecule has 1 saturated heterocycles. The topological polar surface area (TPSA) is 127 Å². The summed E-state index contributed by atoms with van der Waals surface area (Å²) in [6, 6.07) is 7.07. The molecular weight excluding hydrogens is 536 g/mol. The van der Waals surface area contributed by atoms with Gasteiger partial charge in [-0.3, -0.25) is 9.36 Å². The predicted octanol–water partition coefficient (Wildman–Crippen LogP) is 2.45. The first kappa shape index (κ1) is 27.5.